The molecule has 250 valence electrons. The molecule has 0 amide bonds. The van der Waals surface area contributed by atoms with Crippen molar-refractivity contribution in [3.8, 4) is 0 Å². The van der Waals surface area contributed by atoms with E-state index in [0.29, 0.717) is 12.8 Å². The van der Waals surface area contributed by atoms with Gasteiger partial charge in [0.05, 0.1) is 70.7 Å². The predicted octanol–water partition coefficient (Wildman–Crippen LogP) is -1.69. The lowest BCUT2D eigenvalue weighted by Gasteiger charge is -2.45. The molecule has 15 heteroatoms. The van der Waals surface area contributed by atoms with Gasteiger partial charge in [-0.25, -0.2) is 0 Å². The van der Waals surface area contributed by atoms with Crippen molar-refractivity contribution in [2.75, 3.05) is 53.4 Å². The highest BCUT2D eigenvalue weighted by Crippen LogP contribution is 2.34. The van der Waals surface area contributed by atoms with Crippen LogP contribution in [0.5, 0.6) is 0 Å². The first kappa shape index (κ1) is 39.5. The molecule has 3 aliphatic rings. The second kappa shape index (κ2) is 19.1. The summed E-state index contributed by atoms with van der Waals surface area (Å²) >= 11 is 3.72. The van der Waals surface area contributed by atoms with Gasteiger partial charge in [0.1, 0.15) is 36.6 Å². The topological polar surface area (TPSA) is 214 Å². The van der Waals surface area contributed by atoms with Crippen LogP contribution >= 0.6 is 12.9 Å². The van der Waals surface area contributed by atoms with Crippen LogP contribution in [0.2, 0.25) is 0 Å². The number of aliphatic hydroxyl groups is 5. The highest BCUT2D eigenvalue weighted by molar-refractivity contribution is 7.75. The van der Waals surface area contributed by atoms with Crippen LogP contribution in [0.25, 0.3) is 0 Å². The van der Waals surface area contributed by atoms with Gasteiger partial charge in [-0.3, -0.25) is 4.79 Å². The smallest absolute Gasteiger partial charge is 0.158 e. The average Bonchev–Trinajstić information content (AvgIpc) is 2.92. The van der Waals surface area contributed by atoms with Gasteiger partial charge in [0.25, 0.3) is 0 Å². The van der Waals surface area contributed by atoms with Gasteiger partial charge in [0.15, 0.2) is 5.78 Å². The maximum atomic E-state index is 12.1. The molecule has 0 radical (unpaired) electrons. The van der Waals surface area contributed by atoms with E-state index in [0.717, 1.165) is 0 Å². The Kier molecular flexibility index (Phi) is 18.0. The summed E-state index contributed by atoms with van der Waals surface area (Å²) in [6, 6.07) is 0. The second-order valence-corrected chi connectivity index (χ2v) is 11.1. The summed E-state index contributed by atoms with van der Waals surface area (Å²) in [4.78, 5) is 12.1. The highest BCUT2D eigenvalue weighted by atomic mass is 32.1. The van der Waals surface area contributed by atoms with Crippen molar-refractivity contribution in [1.82, 2.24) is 0 Å². The molecule has 3 heterocycles. The molecule has 0 saturated carbocycles. The molecule has 0 aliphatic carbocycles. The van der Waals surface area contributed by atoms with Crippen molar-refractivity contribution in [2.45, 2.75) is 95.2 Å². The number of hydrogen-bond donors (Lipinski definition) is 6. The van der Waals surface area contributed by atoms with Crippen molar-refractivity contribution in [1.29, 1.82) is 0 Å². The number of methoxy groups -OCH3 is 1. The van der Waals surface area contributed by atoms with E-state index in [1.807, 2.05) is 6.92 Å². The van der Waals surface area contributed by atoms with Gasteiger partial charge < -0.3 is 63.6 Å². The van der Waals surface area contributed by atoms with Crippen molar-refractivity contribution in [3.05, 3.63) is 0 Å². The summed E-state index contributed by atoms with van der Waals surface area (Å²) < 4.78 is 39.5. The van der Waals surface area contributed by atoms with Crippen molar-refractivity contribution in [2.24, 2.45) is 17.8 Å². The molecule has 0 aromatic heterocycles. The lowest BCUT2D eigenvalue weighted by atomic mass is 9.80. The number of thiol groups is 1. The van der Waals surface area contributed by atoms with Gasteiger partial charge in [-0.05, 0) is 26.3 Å². The Labute approximate surface area is 253 Å². The largest absolute Gasteiger partial charge is 0.412 e. The van der Waals surface area contributed by atoms with Gasteiger partial charge in [0, 0.05) is 31.3 Å². The van der Waals surface area contributed by atoms with E-state index < -0.39 is 79.5 Å². The van der Waals surface area contributed by atoms with E-state index >= 15 is 0 Å². The summed E-state index contributed by atoms with van der Waals surface area (Å²) in [7, 11) is 1.52. The highest BCUT2D eigenvalue weighted by Gasteiger charge is 2.46. The normalized spacial score (nSPS) is 40.5. The molecule has 3 rings (SSSR count). The summed E-state index contributed by atoms with van der Waals surface area (Å²) in [5, 5.41) is 51.8. The van der Waals surface area contributed by atoms with Crippen LogP contribution in [0, 0.1) is 17.8 Å². The maximum absolute atomic E-state index is 12.1. The van der Waals surface area contributed by atoms with Gasteiger partial charge in [-0.1, -0.05) is 14.4 Å². The van der Waals surface area contributed by atoms with Crippen LogP contribution in [0.3, 0.4) is 0 Å². The average molecular weight is 633 g/mol. The number of hydrogen-bond acceptors (Lipinski definition) is 14. The summed E-state index contributed by atoms with van der Waals surface area (Å²) in [6.07, 6.45) is -7.31. The number of ether oxygens (including phenoxy) is 6. The third-order valence-corrected chi connectivity index (χ3v) is 8.46. The Bertz CT molecular complexity index is 764. The molecule has 0 spiro atoms. The van der Waals surface area contributed by atoms with E-state index in [2.05, 4.69) is 12.9 Å². The monoisotopic (exact) mass is 632 g/mol. The fourth-order valence-electron chi connectivity index (χ4n) is 5.93. The fourth-order valence-corrected chi connectivity index (χ4v) is 6.20. The predicted molar refractivity (Wildman–Crippen MR) is 152 cm³/mol. The van der Waals surface area contributed by atoms with E-state index in [4.69, 9.17) is 32.6 Å². The van der Waals surface area contributed by atoms with Crippen molar-refractivity contribution in [3.63, 3.8) is 0 Å². The van der Waals surface area contributed by atoms with Crippen LogP contribution in [0.1, 0.15) is 34.1 Å². The molecule has 0 bridgehead atoms. The lowest BCUT2D eigenvalue weighted by Crippen LogP contribution is -2.57. The van der Waals surface area contributed by atoms with Crippen LogP contribution in [0.4, 0.5) is 0 Å². The van der Waals surface area contributed by atoms with Crippen LogP contribution < -0.4 is 0 Å². The number of carbonyl (C=O) groups excluding carboxylic acids is 1. The number of Topliss-reactive ketones (excluding diaryl/α,β-unsaturated/α-hetero) is 1. The Hall–Kier alpha value is -0.500. The lowest BCUT2D eigenvalue weighted by molar-refractivity contribution is -0.226. The zero-order valence-corrected chi connectivity index (χ0v) is 24.7. The molecule has 4 unspecified atom stereocenters. The van der Waals surface area contributed by atoms with Crippen molar-refractivity contribution >= 4 is 18.7 Å². The van der Waals surface area contributed by atoms with Gasteiger partial charge in [-0.2, -0.15) is 0 Å². The van der Waals surface area contributed by atoms with Gasteiger partial charge >= 0.3 is 0 Å². The number of ketones is 1. The zero-order chi connectivity index (χ0) is 29.4. The van der Waals surface area contributed by atoms with E-state index in [-0.39, 0.29) is 64.2 Å². The molecule has 3 fully saturated rings. The zero-order valence-electron chi connectivity index (χ0n) is 23.8. The van der Waals surface area contributed by atoms with Gasteiger partial charge in [-0.15, -0.1) is 0 Å². The number of rotatable bonds is 14. The summed E-state index contributed by atoms with van der Waals surface area (Å²) in [6.45, 7) is 3.30. The minimum Gasteiger partial charge on any atom is -0.412 e. The third kappa shape index (κ3) is 9.75. The van der Waals surface area contributed by atoms with E-state index in [1.165, 1.54) is 14.0 Å². The summed E-state index contributed by atoms with van der Waals surface area (Å²) in [5.74, 6) is -1.35. The molecule has 3 saturated heterocycles. The first-order valence-corrected chi connectivity index (χ1v) is 14.2. The maximum Gasteiger partial charge on any atom is 0.158 e. The Morgan fingerprint density at radius 3 is 2.14 bits per heavy atom. The molecule has 14 nitrogen and oxygen atoms in total. The molecule has 13 atom stereocenters. The first-order valence-electron chi connectivity index (χ1n) is 13.9. The molecule has 7 N–H and O–H groups in total. The molecule has 3 aliphatic heterocycles. The Balaban J connectivity index is 0.00000441. The second-order valence-electron chi connectivity index (χ2n) is 10.9. The minimum absolute atomic E-state index is 0. The van der Waals surface area contributed by atoms with E-state index in [1.54, 1.807) is 0 Å². The van der Waals surface area contributed by atoms with Crippen LogP contribution in [-0.4, -0.2) is 151 Å². The summed E-state index contributed by atoms with van der Waals surface area (Å²) in [5.41, 5.74) is 0. The molecular formula is C27H52O14S. The third-order valence-electron chi connectivity index (χ3n) is 8.21. The molecular weight excluding hydrogens is 580 g/mol. The molecule has 0 aromatic carbocycles. The van der Waals surface area contributed by atoms with Crippen molar-refractivity contribution < 1.29 is 68.4 Å². The molecule has 42 heavy (non-hydrogen) atoms. The number of aliphatic hydroxyl groups excluding tert-OH is 5. The van der Waals surface area contributed by atoms with Crippen LogP contribution in [-0.2, 0) is 37.4 Å². The minimum atomic E-state index is -1.18. The number of carbonyl (C=O) groups is 1. The van der Waals surface area contributed by atoms with E-state index in [9.17, 15) is 30.3 Å². The standard InChI is InChI=1S/C26H46O13S.CH4.H2O/c1-4-15-18(29)5-14(37-25(15)13(2)28)7-34-8-16-17(23(31)20(6-27)38-21(16)11-33-3)9-35-12-22-24(32)26(39-40)19(30)10-36-22;;/h14-27,29-32,40H,4-12H2,1-3H3;1H4;1H2/t14-,15+,16?,17+,18+,19-,20?,21-,22+,23+,24?,25?,26+;;/m1../s1. The Morgan fingerprint density at radius 1 is 0.881 bits per heavy atom. The van der Waals surface area contributed by atoms with Crippen LogP contribution in [0.15, 0.2) is 0 Å². The van der Waals surface area contributed by atoms with Gasteiger partial charge in [0.2, 0.25) is 0 Å². The molecule has 0 aromatic rings. The SMILES string of the molecule is C.CC[C@@H]1C(C(C)=O)O[C@@H](COCC2[C@@H](COC)OC(CO)[C@@H](O)[C@H]2COC[C@@H]2OC[C@@H](O)[C@H](OS)C2O)C[C@@H]1O.O. The first-order chi connectivity index (χ1) is 19.2. The quantitative estimate of drug-likeness (QED) is 0.0933. The Morgan fingerprint density at radius 2 is 1.55 bits per heavy atom. The fraction of sp³-hybridized carbons (Fsp3) is 0.963.